The lowest BCUT2D eigenvalue weighted by Gasteiger charge is -2.29. The quantitative estimate of drug-likeness (QED) is 0.773. The van der Waals surface area contributed by atoms with E-state index in [2.05, 4.69) is 20.9 Å². The van der Waals surface area contributed by atoms with E-state index in [0.29, 0.717) is 5.88 Å². The van der Waals surface area contributed by atoms with E-state index in [4.69, 9.17) is 4.74 Å². The van der Waals surface area contributed by atoms with Crippen LogP contribution in [-0.4, -0.2) is 29.1 Å². The Morgan fingerprint density at radius 3 is 2.79 bits per heavy atom. The van der Waals surface area contributed by atoms with Crippen LogP contribution in [0.4, 0.5) is 4.79 Å². The molecule has 74 valence electrons. The summed E-state index contributed by atoms with van der Waals surface area (Å²) in [4.78, 5) is 16.9. The Labute approximate surface area is 90.0 Å². The minimum atomic E-state index is -0.314. The van der Waals surface area contributed by atoms with Gasteiger partial charge in [-0.25, -0.2) is 9.78 Å². The summed E-state index contributed by atoms with van der Waals surface area (Å²) in [6.45, 7) is 1.57. The van der Waals surface area contributed by atoms with Gasteiger partial charge in [0.15, 0.2) is 0 Å². The van der Waals surface area contributed by atoms with Gasteiger partial charge >= 0.3 is 6.09 Å². The number of aromatic nitrogens is 1. The lowest BCUT2D eigenvalue weighted by atomic mass is 10.2. The van der Waals surface area contributed by atoms with E-state index in [-0.39, 0.29) is 6.09 Å². The summed E-state index contributed by atoms with van der Waals surface area (Å²) in [5.41, 5.74) is 0. The van der Waals surface area contributed by atoms with Gasteiger partial charge < -0.3 is 9.64 Å². The van der Waals surface area contributed by atoms with Crippen LogP contribution in [0.15, 0.2) is 22.8 Å². The maximum absolute atomic E-state index is 11.3. The van der Waals surface area contributed by atoms with Crippen LogP contribution in [0.25, 0.3) is 0 Å². The number of carbonyl (C=O) groups is 1. The van der Waals surface area contributed by atoms with Gasteiger partial charge in [-0.15, -0.1) is 0 Å². The largest absolute Gasteiger partial charge is 0.416 e. The van der Waals surface area contributed by atoms with Crippen LogP contribution in [0.2, 0.25) is 0 Å². The van der Waals surface area contributed by atoms with E-state index in [1.54, 1.807) is 23.2 Å². The number of likely N-dealkylation sites (tertiary alicyclic amines) is 1. The van der Waals surface area contributed by atoms with Crippen LogP contribution < -0.4 is 4.74 Å². The first-order valence-corrected chi connectivity index (χ1v) is 5.13. The smallest absolute Gasteiger partial charge is 0.391 e. The van der Waals surface area contributed by atoms with Crippen molar-refractivity contribution in [3.63, 3.8) is 0 Å². The lowest BCUT2D eigenvalue weighted by molar-refractivity contribution is 0.123. The zero-order valence-corrected chi connectivity index (χ0v) is 9.03. The molecule has 2 heterocycles. The molecule has 0 aliphatic carbocycles. The van der Waals surface area contributed by atoms with Crippen molar-refractivity contribution >= 4 is 22.0 Å². The SMILES string of the molecule is O=C(Oc1ccc(Br)cn1)N1CCC1. The molecule has 0 bridgehead atoms. The molecule has 5 heteroatoms. The van der Waals surface area contributed by atoms with Gasteiger partial charge in [0.05, 0.1) is 0 Å². The summed E-state index contributed by atoms with van der Waals surface area (Å²) in [6, 6.07) is 3.44. The van der Waals surface area contributed by atoms with E-state index >= 15 is 0 Å². The fourth-order valence-electron chi connectivity index (χ4n) is 1.08. The van der Waals surface area contributed by atoms with Crippen molar-refractivity contribution in [3.8, 4) is 5.88 Å². The predicted molar refractivity (Wildman–Crippen MR) is 54.2 cm³/mol. The molecule has 0 spiro atoms. The molecule has 0 N–H and O–H groups in total. The highest BCUT2D eigenvalue weighted by Gasteiger charge is 2.22. The highest BCUT2D eigenvalue weighted by atomic mass is 79.9. The maximum atomic E-state index is 11.3. The van der Waals surface area contributed by atoms with Crippen LogP contribution >= 0.6 is 15.9 Å². The molecule has 1 amide bonds. The molecule has 1 aliphatic heterocycles. The number of carbonyl (C=O) groups excluding carboxylic acids is 1. The average Bonchev–Trinajstić information content (AvgIpc) is 2.06. The first-order chi connectivity index (χ1) is 6.75. The third kappa shape index (κ3) is 2.04. The van der Waals surface area contributed by atoms with Gasteiger partial charge in [-0.3, -0.25) is 0 Å². The van der Waals surface area contributed by atoms with Gasteiger partial charge in [-0.05, 0) is 28.4 Å². The molecule has 1 saturated heterocycles. The molecular formula is C9H9BrN2O2. The van der Waals surface area contributed by atoms with E-state index < -0.39 is 0 Å². The summed E-state index contributed by atoms with van der Waals surface area (Å²) in [5, 5.41) is 0. The molecule has 14 heavy (non-hydrogen) atoms. The monoisotopic (exact) mass is 256 g/mol. The van der Waals surface area contributed by atoms with Crippen molar-refractivity contribution < 1.29 is 9.53 Å². The highest BCUT2D eigenvalue weighted by molar-refractivity contribution is 9.10. The topological polar surface area (TPSA) is 42.4 Å². The third-order valence-corrected chi connectivity index (χ3v) is 2.48. The molecule has 2 rings (SSSR count). The Kier molecular flexibility index (Phi) is 2.67. The Morgan fingerprint density at radius 1 is 1.50 bits per heavy atom. The minimum Gasteiger partial charge on any atom is -0.391 e. The van der Waals surface area contributed by atoms with E-state index in [0.717, 1.165) is 24.0 Å². The summed E-state index contributed by atoms with van der Waals surface area (Å²) in [6.07, 6.45) is 2.34. The van der Waals surface area contributed by atoms with Crippen LogP contribution in [0.3, 0.4) is 0 Å². The van der Waals surface area contributed by atoms with Crippen molar-refractivity contribution in [2.24, 2.45) is 0 Å². The normalized spacial score (nSPS) is 14.8. The lowest BCUT2D eigenvalue weighted by Crippen LogP contribution is -2.43. The Bertz CT molecular complexity index is 335. The van der Waals surface area contributed by atoms with E-state index in [9.17, 15) is 4.79 Å². The molecular weight excluding hydrogens is 248 g/mol. The number of ether oxygens (including phenoxy) is 1. The molecule has 1 aliphatic rings. The van der Waals surface area contributed by atoms with Crippen molar-refractivity contribution in [2.75, 3.05) is 13.1 Å². The zero-order valence-electron chi connectivity index (χ0n) is 7.44. The number of rotatable bonds is 1. The number of amides is 1. The summed E-state index contributed by atoms with van der Waals surface area (Å²) in [7, 11) is 0. The number of hydrogen-bond donors (Lipinski definition) is 0. The zero-order chi connectivity index (χ0) is 9.97. The van der Waals surface area contributed by atoms with Crippen molar-refractivity contribution in [1.29, 1.82) is 0 Å². The molecule has 1 fully saturated rings. The fraction of sp³-hybridized carbons (Fsp3) is 0.333. The molecule has 0 saturated carbocycles. The summed E-state index contributed by atoms with van der Waals surface area (Å²) in [5.74, 6) is 0.338. The summed E-state index contributed by atoms with van der Waals surface area (Å²) >= 11 is 3.25. The molecule has 4 nitrogen and oxygen atoms in total. The molecule has 0 aromatic carbocycles. The fourth-order valence-corrected chi connectivity index (χ4v) is 1.31. The standard InChI is InChI=1S/C9H9BrN2O2/c10-7-2-3-8(11-6-7)14-9(13)12-4-1-5-12/h2-3,6H,1,4-5H2. The van der Waals surface area contributed by atoms with Gasteiger partial charge in [-0.1, -0.05) is 0 Å². The van der Waals surface area contributed by atoms with E-state index in [1.807, 2.05) is 0 Å². The molecule has 1 aromatic rings. The van der Waals surface area contributed by atoms with Crippen LogP contribution in [0, 0.1) is 0 Å². The number of nitrogens with zero attached hydrogens (tertiary/aromatic N) is 2. The highest BCUT2D eigenvalue weighted by Crippen LogP contribution is 2.14. The van der Waals surface area contributed by atoms with Gasteiger partial charge in [0, 0.05) is 29.8 Å². The van der Waals surface area contributed by atoms with Crippen LogP contribution in [-0.2, 0) is 0 Å². The van der Waals surface area contributed by atoms with E-state index in [1.165, 1.54) is 0 Å². The Hall–Kier alpha value is -1.10. The molecule has 1 aromatic heterocycles. The van der Waals surface area contributed by atoms with Crippen molar-refractivity contribution in [2.45, 2.75) is 6.42 Å². The molecule has 0 unspecified atom stereocenters. The Balaban J connectivity index is 1.96. The predicted octanol–water partition coefficient (Wildman–Crippen LogP) is 2.05. The van der Waals surface area contributed by atoms with Crippen molar-refractivity contribution in [1.82, 2.24) is 9.88 Å². The minimum absolute atomic E-state index is 0.314. The second-order valence-electron chi connectivity index (χ2n) is 3.02. The number of hydrogen-bond acceptors (Lipinski definition) is 3. The Morgan fingerprint density at radius 2 is 2.29 bits per heavy atom. The summed E-state index contributed by atoms with van der Waals surface area (Å²) < 4.78 is 5.89. The van der Waals surface area contributed by atoms with Gasteiger partial charge in [0.2, 0.25) is 5.88 Å². The third-order valence-electron chi connectivity index (χ3n) is 2.01. The molecule has 0 atom stereocenters. The number of pyridine rings is 1. The van der Waals surface area contributed by atoms with Gasteiger partial charge in [0.1, 0.15) is 0 Å². The first kappa shape index (κ1) is 9.45. The second-order valence-corrected chi connectivity index (χ2v) is 3.94. The van der Waals surface area contributed by atoms with Gasteiger partial charge in [0.25, 0.3) is 0 Å². The average molecular weight is 257 g/mol. The van der Waals surface area contributed by atoms with Crippen molar-refractivity contribution in [3.05, 3.63) is 22.8 Å². The van der Waals surface area contributed by atoms with Crippen LogP contribution in [0.5, 0.6) is 5.88 Å². The van der Waals surface area contributed by atoms with Gasteiger partial charge in [-0.2, -0.15) is 0 Å². The number of halogens is 1. The maximum Gasteiger partial charge on any atom is 0.416 e. The first-order valence-electron chi connectivity index (χ1n) is 4.34. The second kappa shape index (κ2) is 3.96. The molecule has 0 radical (unpaired) electrons. The van der Waals surface area contributed by atoms with Crippen LogP contribution in [0.1, 0.15) is 6.42 Å².